The lowest BCUT2D eigenvalue weighted by atomic mass is 10.1. The van der Waals surface area contributed by atoms with Crippen molar-refractivity contribution in [1.82, 2.24) is 5.32 Å². The van der Waals surface area contributed by atoms with E-state index in [1.807, 2.05) is 18.4 Å². The van der Waals surface area contributed by atoms with Crippen LogP contribution in [0.1, 0.15) is 47.3 Å². The smallest absolute Gasteiger partial charge is 0.261 e. The monoisotopic (exact) mass is 253 g/mol. The lowest BCUT2D eigenvalue weighted by molar-refractivity contribution is 0.0822. The maximum Gasteiger partial charge on any atom is 0.261 e. The highest BCUT2D eigenvalue weighted by Crippen LogP contribution is 2.20. The number of carbonyl (C=O) groups is 1. The Morgan fingerprint density at radius 2 is 2.18 bits per heavy atom. The first-order chi connectivity index (χ1) is 8.18. The lowest BCUT2D eigenvalue weighted by Gasteiger charge is -2.21. The maximum atomic E-state index is 12.0. The molecule has 0 bridgehead atoms. The third-order valence-corrected chi connectivity index (χ3v) is 4.38. The van der Waals surface area contributed by atoms with E-state index in [0.717, 1.165) is 42.5 Å². The summed E-state index contributed by atoms with van der Waals surface area (Å²) < 4.78 is 0. The summed E-state index contributed by atoms with van der Waals surface area (Å²) in [5.41, 5.74) is 1.01. The molecule has 0 saturated heterocycles. The fourth-order valence-electron chi connectivity index (χ4n) is 2.30. The molecular weight excluding hydrogens is 234 g/mol. The van der Waals surface area contributed by atoms with E-state index in [2.05, 4.69) is 5.32 Å². The van der Waals surface area contributed by atoms with E-state index in [0.29, 0.717) is 0 Å². The first-order valence-corrected chi connectivity index (χ1v) is 7.09. The second-order valence-electron chi connectivity index (χ2n) is 4.72. The van der Waals surface area contributed by atoms with E-state index < -0.39 is 0 Å². The summed E-state index contributed by atoms with van der Waals surface area (Å²) in [7, 11) is 0. The van der Waals surface area contributed by atoms with Crippen LogP contribution in [0.25, 0.3) is 0 Å². The summed E-state index contributed by atoms with van der Waals surface area (Å²) in [4.78, 5) is 12.8. The number of rotatable bonds is 2. The van der Waals surface area contributed by atoms with E-state index in [9.17, 15) is 9.90 Å². The molecule has 2 N–H and O–H groups in total. The number of aliphatic hydroxyl groups is 1. The number of hydrogen-bond donors (Lipinski definition) is 2. The molecule has 1 aromatic heterocycles. The maximum absolute atomic E-state index is 12.0. The van der Waals surface area contributed by atoms with Gasteiger partial charge in [-0.05, 0) is 36.8 Å². The van der Waals surface area contributed by atoms with Crippen LogP contribution in [0.15, 0.2) is 11.4 Å². The first kappa shape index (κ1) is 12.6. The molecule has 0 aliphatic heterocycles. The molecule has 4 heteroatoms. The zero-order chi connectivity index (χ0) is 12.3. The molecule has 0 radical (unpaired) electrons. The molecule has 94 valence electrons. The quantitative estimate of drug-likeness (QED) is 0.796. The van der Waals surface area contributed by atoms with Crippen molar-refractivity contribution in [3.05, 3.63) is 21.9 Å². The molecule has 1 heterocycles. The summed E-state index contributed by atoms with van der Waals surface area (Å²) in [5, 5.41) is 14.9. The number of amides is 1. The lowest BCUT2D eigenvalue weighted by Crippen LogP contribution is -2.42. The van der Waals surface area contributed by atoms with Gasteiger partial charge < -0.3 is 10.4 Å². The zero-order valence-corrected chi connectivity index (χ0v) is 10.9. The average molecular weight is 253 g/mol. The molecule has 0 aromatic carbocycles. The van der Waals surface area contributed by atoms with Gasteiger partial charge in [0.05, 0.1) is 17.0 Å². The Morgan fingerprint density at radius 1 is 1.41 bits per heavy atom. The van der Waals surface area contributed by atoms with Crippen LogP contribution < -0.4 is 5.32 Å². The van der Waals surface area contributed by atoms with Gasteiger partial charge in [0.15, 0.2) is 0 Å². The van der Waals surface area contributed by atoms with Crippen LogP contribution in [0, 0.1) is 6.92 Å². The van der Waals surface area contributed by atoms with Crippen LogP contribution in [0.4, 0.5) is 0 Å². The second-order valence-corrected chi connectivity index (χ2v) is 5.63. The van der Waals surface area contributed by atoms with Crippen LogP contribution in [0.2, 0.25) is 0 Å². The van der Waals surface area contributed by atoms with Gasteiger partial charge in [0.25, 0.3) is 5.91 Å². The minimum atomic E-state index is -0.387. The van der Waals surface area contributed by atoms with E-state index in [4.69, 9.17) is 0 Å². The van der Waals surface area contributed by atoms with Gasteiger partial charge >= 0.3 is 0 Å². The molecule has 1 amide bonds. The molecule has 3 nitrogen and oxygen atoms in total. The Labute approximate surface area is 106 Å². The third kappa shape index (κ3) is 3.07. The van der Waals surface area contributed by atoms with Gasteiger partial charge in [0.1, 0.15) is 0 Å². The van der Waals surface area contributed by atoms with E-state index in [1.165, 1.54) is 11.3 Å². The molecule has 0 spiro atoms. The molecule has 1 aliphatic carbocycles. The minimum absolute atomic E-state index is 0.0385. The van der Waals surface area contributed by atoms with E-state index >= 15 is 0 Å². The molecular formula is C13H19NO2S. The average Bonchev–Trinajstić information content (AvgIpc) is 2.63. The van der Waals surface area contributed by atoms with Crippen molar-refractivity contribution in [2.75, 3.05) is 0 Å². The highest BCUT2D eigenvalue weighted by atomic mass is 32.1. The Kier molecular flexibility index (Phi) is 4.18. The largest absolute Gasteiger partial charge is 0.391 e. The van der Waals surface area contributed by atoms with Gasteiger partial charge in [-0.25, -0.2) is 0 Å². The Bertz CT molecular complexity index is 389. The highest BCUT2D eigenvalue weighted by Gasteiger charge is 2.24. The first-order valence-electron chi connectivity index (χ1n) is 6.21. The van der Waals surface area contributed by atoms with Gasteiger partial charge in [-0.2, -0.15) is 0 Å². The second kappa shape index (κ2) is 5.65. The molecule has 1 aliphatic rings. The standard InChI is InChI=1S/C13H19NO2S/c1-9-7-8-17-12(9)13(16)14-10-5-3-2-4-6-11(10)15/h7-8,10-11,15H,2-6H2,1H3,(H,14,16). The van der Waals surface area contributed by atoms with Gasteiger partial charge in [-0.15, -0.1) is 11.3 Å². The summed E-state index contributed by atoms with van der Waals surface area (Å²) in [5.74, 6) is -0.0385. The minimum Gasteiger partial charge on any atom is -0.391 e. The molecule has 2 atom stereocenters. The third-order valence-electron chi connectivity index (χ3n) is 3.36. The number of thiophene rings is 1. The van der Waals surface area contributed by atoms with Crippen LogP contribution in [0.3, 0.4) is 0 Å². The number of carbonyl (C=O) groups excluding carboxylic acids is 1. The topological polar surface area (TPSA) is 49.3 Å². The van der Waals surface area contributed by atoms with Crippen molar-refractivity contribution in [3.63, 3.8) is 0 Å². The number of aryl methyl sites for hydroxylation is 1. The van der Waals surface area contributed by atoms with Crippen molar-refractivity contribution >= 4 is 17.2 Å². The summed E-state index contributed by atoms with van der Waals surface area (Å²) in [6.07, 6.45) is 4.60. The fraction of sp³-hybridized carbons (Fsp3) is 0.615. The molecule has 2 unspecified atom stereocenters. The Morgan fingerprint density at radius 3 is 2.88 bits per heavy atom. The van der Waals surface area contributed by atoms with Crippen LogP contribution in [-0.2, 0) is 0 Å². The number of hydrogen-bond acceptors (Lipinski definition) is 3. The molecule has 1 saturated carbocycles. The highest BCUT2D eigenvalue weighted by molar-refractivity contribution is 7.12. The van der Waals surface area contributed by atoms with Crippen molar-refractivity contribution in [2.24, 2.45) is 0 Å². The normalized spacial score (nSPS) is 25.3. The van der Waals surface area contributed by atoms with Crippen molar-refractivity contribution in [1.29, 1.82) is 0 Å². The number of aliphatic hydroxyl groups excluding tert-OH is 1. The summed E-state index contributed by atoms with van der Waals surface area (Å²) in [6.45, 7) is 1.94. The molecule has 17 heavy (non-hydrogen) atoms. The fourth-order valence-corrected chi connectivity index (χ4v) is 3.12. The molecule has 2 rings (SSSR count). The van der Waals surface area contributed by atoms with E-state index in [1.54, 1.807) is 0 Å². The molecule has 1 aromatic rings. The van der Waals surface area contributed by atoms with E-state index in [-0.39, 0.29) is 18.1 Å². The van der Waals surface area contributed by atoms with Crippen LogP contribution in [-0.4, -0.2) is 23.2 Å². The number of nitrogens with one attached hydrogen (secondary N) is 1. The van der Waals surface area contributed by atoms with Gasteiger partial charge in [-0.3, -0.25) is 4.79 Å². The zero-order valence-electron chi connectivity index (χ0n) is 10.1. The van der Waals surface area contributed by atoms with Gasteiger partial charge in [-0.1, -0.05) is 19.3 Å². The predicted molar refractivity (Wildman–Crippen MR) is 69.4 cm³/mol. The Hall–Kier alpha value is -0.870. The van der Waals surface area contributed by atoms with Crippen molar-refractivity contribution in [3.8, 4) is 0 Å². The Balaban J connectivity index is 2.00. The van der Waals surface area contributed by atoms with Gasteiger partial charge in [0.2, 0.25) is 0 Å². The van der Waals surface area contributed by atoms with Crippen LogP contribution >= 0.6 is 11.3 Å². The predicted octanol–water partition coefficient (Wildman–Crippen LogP) is 2.48. The summed E-state index contributed by atoms with van der Waals surface area (Å²) >= 11 is 1.46. The van der Waals surface area contributed by atoms with Crippen LogP contribution in [0.5, 0.6) is 0 Å². The van der Waals surface area contributed by atoms with Gasteiger partial charge in [0, 0.05) is 0 Å². The van der Waals surface area contributed by atoms with Crippen molar-refractivity contribution < 1.29 is 9.90 Å². The van der Waals surface area contributed by atoms with Crippen molar-refractivity contribution in [2.45, 2.75) is 51.2 Å². The SMILES string of the molecule is Cc1ccsc1C(=O)NC1CCCCCC1O. The molecule has 1 fully saturated rings. The summed E-state index contributed by atoms with van der Waals surface area (Å²) in [6, 6.07) is 1.87.